The van der Waals surface area contributed by atoms with Gasteiger partial charge < -0.3 is 14.5 Å². The number of amides is 1. The van der Waals surface area contributed by atoms with E-state index >= 15 is 0 Å². The molecule has 0 saturated carbocycles. The second-order valence-corrected chi connectivity index (χ2v) is 4.82. The molecule has 2 rings (SSSR count). The summed E-state index contributed by atoms with van der Waals surface area (Å²) in [6, 6.07) is 8.37. The number of carbonyl (C=O) groups is 1. The number of carbonyl (C=O) groups excluding carboxylic acids is 1. The number of hydrogen-bond donors (Lipinski definition) is 1. The average Bonchev–Trinajstić information content (AvgIpc) is 2.50. The van der Waals surface area contributed by atoms with Crippen LogP contribution < -0.4 is 15.7 Å². The molecule has 0 radical (unpaired) electrons. The van der Waals surface area contributed by atoms with Gasteiger partial charge in [-0.2, -0.15) is 0 Å². The van der Waals surface area contributed by atoms with Crippen LogP contribution in [0.25, 0.3) is 11.0 Å². The Kier molecular flexibility index (Phi) is 4.98. The smallest absolute Gasteiger partial charge is 0.336 e. The Bertz CT molecular complexity index is 673. The molecule has 2 aromatic rings. The van der Waals surface area contributed by atoms with Gasteiger partial charge in [-0.3, -0.25) is 4.79 Å². The molecule has 0 saturated heterocycles. The highest BCUT2D eigenvalue weighted by Gasteiger charge is 2.09. The maximum atomic E-state index is 11.8. The van der Waals surface area contributed by atoms with E-state index in [1.807, 2.05) is 13.8 Å². The van der Waals surface area contributed by atoms with Crippen molar-refractivity contribution >= 4 is 16.9 Å². The minimum absolute atomic E-state index is 0.0565. The summed E-state index contributed by atoms with van der Waals surface area (Å²) in [5.74, 6) is 0.342. The Morgan fingerprint density at radius 1 is 1.24 bits per heavy atom. The van der Waals surface area contributed by atoms with Crippen molar-refractivity contribution in [1.82, 2.24) is 5.32 Å². The summed E-state index contributed by atoms with van der Waals surface area (Å²) in [6.07, 6.45) is 1.78. The lowest BCUT2D eigenvalue weighted by molar-refractivity contribution is -0.123. The van der Waals surface area contributed by atoms with Crippen molar-refractivity contribution in [3.8, 4) is 5.75 Å². The van der Waals surface area contributed by atoms with Crippen LogP contribution in [0.4, 0.5) is 0 Å². The van der Waals surface area contributed by atoms with Crippen molar-refractivity contribution in [2.75, 3.05) is 6.61 Å². The van der Waals surface area contributed by atoms with Gasteiger partial charge >= 0.3 is 5.63 Å². The minimum atomic E-state index is -0.411. The number of fused-ring (bicyclic) bond motifs is 1. The number of nitrogens with one attached hydrogen (secondary N) is 1. The molecule has 0 aliphatic rings. The standard InChI is InChI=1S/C16H19NO4/c1-3-12(4-2)17-15(18)10-20-13-7-5-11-6-8-16(19)21-14(11)9-13/h5-9,12H,3-4,10H2,1-2H3,(H,17,18). The fourth-order valence-corrected chi connectivity index (χ4v) is 2.04. The molecule has 112 valence electrons. The summed E-state index contributed by atoms with van der Waals surface area (Å²) in [4.78, 5) is 22.9. The first-order chi connectivity index (χ1) is 10.1. The Labute approximate surface area is 122 Å². The molecule has 0 bridgehead atoms. The third kappa shape index (κ3) is 4.08. The quantitative estimate of drug-likeness (QED) is 0.829. The maximum Gasteiger partial charge on any atom is 0.336 e. The Morgan fingerprint density at radius 3 is 2.67 bits per heavy atom. The average molecular weight is 289 g/mol. The van der Waals surface area contributed by atoms with Gasteiger partial charge in [0.25, 0.3) is 5.91 Å². The second-order valence-electron chi connectivity index (χ2n) is 4.82. The number of ether oxygens (including phenoxy) is 1. The summed E-state index contributed by atoms with van der Waals surface area (Å²) >= 11 is 0. The first kappa shape index (κ1) is 15.1. The van der Waals surface area contributed by atoms with Gasteiger partial charge in [-0.1, -0.05) is 13.8 Å². The van der Waals surface area contributed by atoms with E-state index in [9.17, 15) is 9.59 Å². The van der Waals surface area contributed by atoms with E-state index in [1.54, 1.807) is 24.3 Å². The lowest BCUT2D eigenvalue weighted by Crippen LogP contribution is -2.37. The number of benzene rings is 1. The van der Waals surface area contributed by atoms with Crippen LogP contribution in [0.1, 0.15) is 26.7 Å². The SMILES string of the molecule is CCC(CC)NC(=O)COc1ccc2ccc(=O)oc2c1. The van der Waals surface area contributed by atoms with E-state index in [4.69, 9.17) is 9.15 Å². The molecule has 1 N–H and O–H groups in total. The molecule has 21 heavy (non-hydrogen) atoms. The number of rotatable bonds is 6. The van der Waals surface area contributed by atoms with E-state index in [-0.39, 0.29) is 18.6 Å². The predicted octanol–water partition coefficient (Wildman–Crippen LogP) is 2.48. The van der Waals surface area contributed by atoms with E-state index in [1.165, 1.54) is 6.07 Å². The number of hydrogen-bond acceptors (Lipinski definition) is 4. The van der Waals surface area contributed by atoms with Crippen molar-refractivity contribution in [2.45, 2.75) is 32.7 Å². The van der Waals surface area contributed by atoms with Crippen molar-refractivity contribution in [3.63, 3.8) is 0 Å². The van der Waals surface area contributed by atoms with Gasteiger partial charge in [0.2, 0.25) is 0 Å². The molecule has 0 fully saturated rings. The normalized spacial score (nSPS) is 10.8. The first-order valence-corrected chi connectivity index (χ1v) is 7.08. The molecule has 0 aliphatic heterocycles. The van der Waals surface area contributed by atoms with Crippen LogP contribution in [0, 0.1) is 0 Å². The molecule has 0 unspecified atom stereocenters. The van der Waals surface area contributed by atoms with Crippen molar-refractivity contribution in [1.29, 1.82) is 0 Å². The molecular formula is C16H19NO4. The minimum Gasteiger partial charge on any atom is -0.484 e. The van der Waals surface area contributed by atoms with Gasteiger partial charge in [-0.25, -0.2) is 4.79 Å². The first-order valence-electron chi connectivity index (χ1n) is 7.08. The molecule has 0 aliphatic carbocycles. The molecule has 1 aromatic heterocycles. The van der Waals surface area contributed by atoms with Gasteiger partial charge in [-0.15, -0.1) is 0 Å². The summed E-state index contributed by atoms with van der Waals surface area (Å²) in [5.41, 5.74) is 0.0338. The lowest BCUT2D eigenvalue weighted by Gasteiger charge is -2.15. The van der Waals surface area contributed by atoms with Gasteiger partial charge in [0.15, 0.2) is 6.61 Å². The van der Waals surface area contributed by atoms with Gasteiger partial charge in [0.1, 0.15) is 11.3 Å². The predicted molar refractivity (Wildman–Crippen MR) is 80.5 cm³/mol. The van der Waals surface area contributed by atoms with E-state index in [0.717, 1.165) is 18.2 Å². The van der Waals surface area contributed by atoms with E-state index in [0.29, 0.717) is 11.3 Å². The van der Waals surface area contributed by atoms with Crippen molar-refractivity contribution in [2.24, 2.45) is 0 Å². The molecule has 1 heterocycles. The van der Waals surface area contributed by atoms with E-state index < -0.39 is 5.63 Å². The van der Waals surface area contributed by atoms with Crippen LogP contribution in [0.5, 0.6) is 5.75 Å². The molecule has 0 atom stereocenters. The summed E-state index contributed by atoms with van der Waals surface area (Å²) in [5, 5.41) is 3.70. The molecule has 1 aromatic carbocycles. The molecular weight excluding hydrogens is 270 g/mol. The molecule has 0 spiro atoms. The zero-order valence-electron chi connectivity index (χ0n) is 12.2. The fourth-order valence-electron chi connectivity index (χ4n) is 2.04. The molecule has 5 nitrogen and oxygen atoms in total. The highest BCUT2D eigenvalue weighted by Crippen LogP contribution is 2.19. The van der Waals surface area contributed by atoms with Gasteiger partial charge in [0.05, 0.1) is 0 Å². The highest BCUT2D eigenvalue weighted by atomic mass is 16.5. The fraction of sp³-hybridized carbons (Fsp3) is 0.375. The second kappa shape index (κ2) is 6.92. The lowest BCUT2D eigenvalue weighted by atomic mass is 10.2. The third-order valence-corrected chi connectivity index (χ3v) is 3.32. The Balaban J connectivity index is 2.00. The van der Waals surface area contributed by atoms with Crippen LogP contribution in [0.3, 0.4) is 0 Å². The topological polar surface area (TPSA) is 68.5 Å². The highest BCUT2D eigenvalue weighted by molar-refractivity contribution is 5.79. The van der Waals surface area contributed by atoms with Gasteiger partial charge in [-0.05, 0) is 31.0 Å². The van der Waals surface area contributed by atoms with Gasteiger partial charge in [0, 0.05) is 23.6 Å². The van der Waals surface area contributed by atoms with Crippen molar-refractivity contribution < 1.29 is 13.9 Å². The zero-order valence-corrected chi connectivity index (χ0v) is 12.2. The van der Waals surface area contributed by atoms with Crippen LogP contribution in [-0.4, -0.2) is 18.6 Å². The summed E-state index contributed by atoms with van der Waals surface area (Å²) < 4.78 is 10.5. The maximum absolute atomic E-state index is 11.8. The van der Waals surface area contributed by atoms with E-state index in [2.05, 4.69) is 5.32 Å². The third-order valence-electron chi connectivity index (χ3n) is 3.32. The Hall–Kier alpha value is -2.30. The van der Waals surface area contributed by atoms with Crippen LogP contribution >= 0.6 is 0 Å². The zero-order chi connectivity index (χ0) is 15.2. The monoisotopic (exact) mass is 289 g/mol. The van der Waals surface area contributed by atoms with Crippen LogP contribution in [0.2, 0.25) is 0 Å². The van der Waals surface area contributed by atoms with Crippen molar-refractivity contribution in [3.05, 3.63) is 40.8 Å². The molecule has 5 heteroatoms. The van der Waals surface area contributed by atoms with Crippen LogP contribution in [-0.2, 0) is 4.79 Å². The summed E-state index contributed by atoms with van der Waals surface area (Å²) in [7, 11) is 0. The molecule has 1 amide bonds. The Morgan fingerprint density at radius 2 is 1.95 bits per heavy atom. The summed E-state index contributed by atoms with van der Waals surface area (Å²) in [6.45, 7) is 4.00. The van der Waals surface area contributed by atoms with Crippen LogP contribution in [0.15, 0.2) is 39.5 Å². The largest absolute Gasteiger partial charge is 0.484 e.